The number of aromatic nitrogens is 6. The molecule has 0 N–H and O–H groups in total. The molecule has 0 amide bonds. The van der Waals surface area contributed by atoms with Crippen molar-refractivity contribution in [3.8, 4) is 0 Å². The monoisotopic (exact) mass is 406 g/mol. The third-order valence-corrected chi connectivity index (χ3v) is 3.99. The fraction of sp³-hybridized carbons (Fsp3) is 0.292. The second kappa shape index (κ2) is 13.7. The highest BCUT2D eigenvalue weighted by atomic mass is 15.2. The maximum atomic E-state index is 3.78. The molecule has 3 aromatic heterocycles. The summed E-state index contributed by atoms with van der Waals surface area (Å²) in [6.45, 7) is 8.00. The minimum atomic E-state index is 1.30. The first-order valence-electron chi connectivity index (χ1n) is 10.3. The first kappa shape index (κ1) is 24.6. The molecule has 0 unspecified atom stereocenters. The first-order valence-corrected chi connectivity index (χ1v) is 10.3. The van der Waals surface area contributed by atoms with Crippen molar-refractivity contribution in [3.05, 3.63) is 79.9 Å². The molecule has 30 heavy (non-hydrogen) atoms. The standard InChI is InChI=1S/C13H11N.C4H6N2.C3H5N3.2C2H6/c1-14-12-8-4-2-6-10(12)11-7-3-5-9-13(11)14;1-6-3-2-5-4-6;1-6-2-4-5-3-6;2*1-2/h2-9H,1H3;2-4H,1H3;2-3H,1H3;2*1-2H3. The fourth-order valence-electron chi connectivity index (χ4n) is 2.70. The normalized spacial score (nSPS) is 9.17. The molecule has 0 radical (unpaired) electrons. The van der Waals surface area contributed by atoms with Crippen molar-refractivity contribution in [3.63, 3.8) is 0 Å². The predicted molar refractivity (Wildman–Crippen MR) is 127 cm³/mol. The van der Waals surface area contributed by atoms with Crippen molar-refractivity contribution < 1.29 is 0 Å². The molecule has 6 heteroatoms. The molecule has 6 nitrogen and oxygen atoms in total. The lowest BCUT2D eigenvalue weighted by molar-refractivity contribution is 0.910. The first-order chi connectivity index (χ1) is 14.7. The quantitative estimate of drug-likeness (QED) is 0.335. The molecule has 0 fully saturated rings. The Balaban J connectivity index is 0.000000236. The highest BCUT2D eigenvalue weighted by molar-refractivity contribution is 6.07. The molecule has 5 aromatic rings. The van der Waals surface area contributed by atoms with Gasteiger partial charge in [0, 0.05) is 55.3 Å². The molecule has 2 aromatic carbocycles. The summed E-state index contributed by atoms with van der Waals surface area (Å²) in [5, 5.41) is 9.75. The molecular weight excluding hydrogens is 372 g/mol. The molecule has 0 aliphatic rings. The number of nitrogens with zero attached hydrogens (tertiary/aromatic N) is 6. The number of hydrogen-bond donors (Lipinski definition) is 0. The molecule has 0 saturated carbocycles. The van der Waals surface area contributed by atoms with Crippen LogP contribution in [-0.2, 0) is 21.1 Å². The van der Waals surface area contributed by atoms with E-state index in [9.17, 15) is 0 Å². The Morgan fingerprint density at radius 2 is 1.07 bits per heavy atom. The Hall–Kier alpha value is -3.41. The van der Waals surface area contributed by atoms with Gasteiger partial charge >= 0.3 is 0 Å². The zero-order valence-corrected chi connectivity index (χ0v) is 19.2. The van der Waals surface area contributed by atoms with Crippen LogP contribution in [-0.4, -0.2) is 28.9 Å². The van der Waals surface area contributed by atoms with Crippen molar-refractivity contribution in [2.24, 2.45) is 21.1 Å². The van der Waals surface area contributed by atoms with Gasteiger partial charge in [-0.25, -0.2) is 4.98 Å². The van der Waals surface area contributed by atoms with Gasteiger partial charge < -0.3 is 13.7 Å². The highest BCUT2D eigenvalue weighted by Crippen LogP contribution is 2.26. The molecule has 0 saturated heterocycles. The lowest BCUT2D eigenvalue weighted by Crippen LogP contribution is -1.84. The van der Waals surface area contributed by atoms with E-state index in [0.29, 0.717) is 0 Å². The van der Waals surface area contributed by atoms with Crippen LogP contribution in [0.3, 0.4) is 0 Å². The summed E-state index contributed by atoms with van der Waals surface area (Å²) in [7, 11) is 5.93. The van der Waals surface area contributed by atoms with Crippen LogP contribution in [0.1, 0.15) is 27.7 Å². The van der Waals surface area contributed by atoms with Gasteiger partial charge in [0.2, 0.25) is 0 Å². The summed E-state index contributed by atoms with van der Waals surface area (Å²) in [6, 6.07) is 17.0. The van der Waals surface area contributed by atoms with Gasteiger partial charge in [-0.15, -0.1) is 10.2 Å². The van der Waals surface area contributed by atoms with Crippen molar-refractivity contribution in [2.45, 2.75) is 27.7 Å². The maximum Gasteiger partial charge on any atom is 0.119 e. The average Bonchev–Trinajstić information content (AvgIpc) is 3.55. The SMILES string of the molecule is CC.CC.Cn1c2ccccc2c2ccccc21.Cn1ccnc1.Cn1cnnc1. The van der Waals surface area contributed by atoms with Crippen LogP contribution in [0.4, 0.5) is 0 Å². The zero-order valence-electron chi connectivity index (χ0n) is 19.2. The van der Waals surface area contributed by atoms with Gasteiger partial charge in [-0.05, 0) is 12.1 Å². The Bertz CT molecular complexity index is 974. The lowest BCUT2D eigenvalue weighted by Gasteiger charge is -1.95. The Morgan fingerprint density at radius 3 is 1.37 bits per heavy atom. The number of imidazole rings is 1. The number of rotatable bonds is 0. The van der Waals surface area contributed by atoms with E-state index in [-0.39, 0.29) is 0 Å². The van der Waals surface area contributed by atoms with E-state index in [4.69, 9.17) is 0 Å². The van der Waals surface area contributed by atoms with E-state index in [0.717, 1.165) is 0 Å². The van der Waals surface area contributed by atoms with Crippen LogP contribution in [0.2, 0.25) is 0 Å². The van der Waals surface area contributed by atoms with Gasteiger partial charge in [-0.2, -0.15) is 0 Å². The number of fused-ring (bicyclic) bond motifs is 3. The van der Waals surface area contributed by atoms with Crippen molar-refractivity contribution in [2.75, 3.05) is 0 Å². The Labute approximate surface area is 179 Å². The average molecular weight is 407 g/mol. The molecule has 160 valence electrons. The van der Waals surface area contributed by atoms with Gasteiger partial charge in [0.15, 0.2) is 0 Å². The maximum absolute atomic E-state index is 3.78. The number of benzene rings is 2. The summed E-state index contributed by atoms with van der Waals surface area (Å²) in [4.78, 5) is 3.78. The third-order valence-electron chi connectivity index (χ3n) is 3.99. The third kappa shape index (κ3) is 6.88. The van der Waals surface area contributed by atoms with E-state index in [1.807, 2.05) is 52.6 Å². The van der Waals surface area contributed by atoms with Crippen LogP contribution in [0.15, 0.2) is 79.9 Å². The number of hydrogen-bond acceptors (Lipinski definition) is 3. The molecule has 0 atom stereocenters. The number of para-hydroxylation sites is 2. The molecule has 0 bridgehead atoms. The molecule has 0 spiro atoms. The smallest absolute Gasteiger partial charge is 0.119 e. The van der Waals surface area contributed by atoms with Crippen LogP contribution in [0.25, 0.3) is 21.8 Å². The summed E-state index contributed by atoms with van der Waals surface area (Å²) in [5.41, 5.74) is 2.60. The minimum absolute atomic E-state index is 1.30. The van der Waals surface area contributed by atoms with E-state index in [1.54, 1.807) is 29.7 Å². The van der Waals surface area contributed by atoms with E-state index in [2.05, 4.69) is 75.3 Å². The highest BCUT2D eigenvalue weighted by Gasteiger charge is 2.04. The van der Waals surface area contributed by atoms with Gasteiger partial charge in [0.25, 0.3) is 0 Å². The van der Waals surface area contributed by atoms with Crippen LogP contribution in [0.5, 0.6) is 0 Å². The van der Waals surface area contributed by atoms with Gasteiger partial charge in [0.1, 0.15) is 12.7 Å². The summed E-state index contributed by atoms with van der Waals surface area (Å²) < 4.78 is 5.91. The Kier molecular flexibility index (Phi) is 11.3. The van der Waals surface area contributed by atoms with E-state index < -0.39 is 0 Å². The topological polar surface area (TPSA) is 53.5 Å². The van der Waals surface area contributed by atoms with Gasteiger partial charge in [-0.1, -0.05) is 64.1 Å². The minimum Gasteiger partial charge on any atom is -0.344 e. The molecule has 3 heterocycles. The van der Waals surface area contributed by atoms with Crippen LogP contribution in [0, 0.1) is 0 Å². The van der Waals surface area contributed by atoms with Crippen molar-refractivity contribution in [1.82, 2.24) is 28.9 Å². The van der Waals surface area contributed by atoms with Crippen LogP contribution < -0.4 is 0 Å². The van der Waals surface area contributed by atoms with Gasteiger partial charge in [0.05, 0.1) is 6.33 Å². The molecular formula is C24H34N6. The summed E-state index contributed by atoms with van der Waals surface area (Å²) in [5.74, 6) is 0. The van der Waals surface area contributed by atoms with Crippen molar-refractivity contribution >= 4 is 21.8 Å². The number of aryl methyl sites for hydroxylation is 3. The van der Waals surface area contributed by atoms with Crippen LogP contribution >= 0.6 is 0 Å². The summed E-state index contributed by atoms with van der Waals surface area (Å²) >= 11 is 0. The summed E-state index contributed by atoms with van der Waals surface area (Å²) in [6.07, 6.45) is 8.67. The fourth-order valence-corrected chi connectivity index (χ4v) is 2.70. The predicted octanol–water partition coefficient (Wildman–Crippen LogP) is 5.62. The second-order valence-electron chi connectivity index (χ2n) is 5.95. The van der Waals surface area contributed by atoms with Crippen molar-refractivity contribution in [1.29, 1.82) is 0 Å². The Morgan fingerprint density at radius 1 is 0.600 bits per heavy atom. The largest absolute Gasteiger partial charge is 0.344 e. The molecule has 0 aliphatic carbocycles. The second-order valence-corrected chi connectivity index (χ2v) is 5.95. The van der Waals surface area contributed by atoms with E-state index in [1.165, 1.54) is 21.8 Å². The lowest BCUT2D eigenvalue weighted by atomic mass is 10.2. The van der Waals surface area contributed by atoms with Gasteiger partial charge in [-0.3, -0.25) is 0 Å². The van der Waals surface area contributed by atoms with E-state index >= 15 is 0 Å². The molecule has 5 rings (SSSR count). The zero-order chi connectivity index (χ0) is 22.4. The molecule has 0 aliphatic heterocycles.